The van der Waals surface area contributed by atoms with Gasteiger partial charge in [0.2, 0.25) is 0 Å². The maximum absolute atomic E-state index is 11.3. The van der Waals surface area contributed by atoms with Crippen LogP contribution in [0.3, 0.4) is 0 Å². The smallest absolute Gasteiger partial charge is 0.327 e. The van der Waals surface area contributed by atoms with Crippen molar-refractivity contribution in [2.24, 2.45) is 0 Å². The predicted octanol–water partition coefficient (Wildman–Crippen LogP) is 0.261. The molecule has 6 heteroatoms. The third-order valence-corrected chi connectivity index (χ3v) is 3.04. The van der Waals surface area contributed by atoms with Gasteiger partial charge < -0.3 is 20.1 Å². The van der Waals surface area contributed by atoms with Crippen molar-refractivity contribution in [3.05, 3.63) is 18.0 Å². The number of aromatic nitrogens is 1. The van der Waals surface area contributed by atoms with Gasteiger partial charge in [-0.3, -0.25) is 4.98 Å². The summed E-state index contributed by atoms with van der Waals surface area (Å²) < 4.78 is 5.26. The van der Waals surface area contributed by atoms with Crippen molar-refractivity contribution in [2.45, 2.75) is 13.0 Å². The number of rotatable bonds is 3. The average Bonchev–Trinajstić information content (AvgIpc) is 2.38. The zero-order valence-electron chi connectivity index (χ0n) is 10.5. The highest BCUT2D eigenvalue weighted by molar-refractivity contribution is 5.80. The number of carboxylic acids is 1. The number of carbonyl (C=O) groups is 1. The van der Waals surface area contributed by atoms with E-state index in [2.05, 4.69) is 10.3 Å². The second-order valence-corrected chi connectivity index (χ2v) is 4.25. The predicted molar refractivity (Wildman–Crippen MR) is 67.2 cm³/mol. The quantitative estimate of drug-likeness (QED) is 0.802. The molecule has 1 aromatic rings. The molecule has 1 aliphatic heterocycles. The fourth-order valence-electron chi connectivity index (χ4n) is 2.13. The summed E-state index contributed by atoms with van der Waals surface area (Å²) in [5.74, 6) is -0.229. The first kappa shape index (κ1) is 12.6. The molecule has 0 saturated carbocycles. The molecular weight excluding hydrogens is 234 g/mol. The first-order valence-electron chi connectivity index (χ1n) is 5.84. The minimum absolute atomic E-state index is 0.430. The monoisotopic (exact) mass is 251 g/mol. The number of piperazine rings is 1. The Kier molecular flexibility index (Phi) is 3.66. The average molecular weight is 251 g/mol. The van der Waals surface area contributed by atoms with Crippen molar-refractivity contribution >= 4 is 11.7 Å². The first-order chi connectivity index (χ1) is 8.63. The van der Waals surface area contributed by atoms with Crippen LogP contribution in [0.15, 0.2) is 12.3 Å². The number of hydrogen-bond donors (Lipinski definition) is 2. The van der Waals surface area contributed by atoms with Crippen molar-refractivity contribution in [2.75, 3.05) is 31.6 Å². The Morgan fingerprint density at radius 2 is 2.44 bits per heavy atom. The van der Waals surface area contributed by atoms with Gasteiger partial charge in [-0.25, -0.2) is 4.79 Å². The van der Waals surface area contributed by atoms with E-state index in [1.807, 2.05) is 17.9 Å². The zero-order valence-corrected chi connectivity index (χ0v) is 10.5. The normalized spacial score (nSPS) is 19.7. The van der Waals surface area contributed by atoms with Crippen LogP contribution in [-0.4, -0.2) is 48.8 Å². The molecule has 98 valence electrons. The third kappa shape index (κ3) is 2.38. The van der Waals surface area contributed by atoms with Crippen LogP contribution >= 0.6 is 0 Å². The lowest BCUT2D eigenvalue weighted by Gasteiger charge is -2.36. The van der Waals surface area contributed by atoms with E-state index in [0.29, 0.717) is 18.8 Å². The highest BCUT2D eigenvalue weighted by atomic mass is 16.5. The topological polar surface area (TPSA) is 74.7 Å². The second kappa shape index (κ2) is 5.22. The summed E-state index contributed by atoms with van der Waals surface area (Å²) in [5, 5.41) is 12.4. The Hall–Kier alpha value is -1.82. The van der Waals surface area contributed by atoms with E-state index in [9.17, 15) is 9.90 Å². The molecule has 0 aromatic carbocycles. The minimum Gasteiger partial charge on any atom is -0.493 e. The molecule has 1 fully saturated rings. The Morgan fingerprint density at radius 3 is 3.11 bits per heavy atom. The van der Waals surface area contributed by atoms with E-state index in [4.69, 9.17) is 4.74 Å². The number of aliphatic carboxylic acids is 1. The van der Waals surface area contributed by atoms with E-state index in [1.165, 1.54) is 0 Å². The molecule has 2 N–H and O–H groups in total. The van der Waals surface area contributed by atoms with Gasteiger partial charge in [0.05, 0.1) is 19.0 Å². The van der Waals surface area contributed by atoms with Crippen molar-refractivity contribution in [1.29, 1.82) is 0 Å². The van der Waals surface area contributed by atoms with Crippen molar-refractivity contribution in [1.82, 2.24) is 10.3 Å². The Bertz CT molecular complexity index is 450. The molecule has 2 heterocycles. The van der Waals surface area contributed by atoms with Gasteiger partial charge in [-0.2, -0.15) is 0 Å². The standard InChI is InChI=1S/C12H17N3O3/c1-8-5-9(11(18-2)7-14-8)15-4-3-13-6-10(15)12(16)17/h5,7,10,13H,3-4,6H2,1-2H3,(H,16,17). The van der Waals surface area contributed by atoms with E-state index in [-0.39, 0.29) is 0 Å². The lowest BCUT2D eigenvalue weighted by molar-refractivity contribution is -0.138. The lowest BCUT2D eigenvalue weighted by atomic mass is 10.1. The Balaban J connectivity index is 2.38. The molecule has 0 radical (unpaired) electrons. The largest absolute Gasteiger partial charge is 0.493 e. The summed E-state index contributed by atoms with van der Waals surface area (Å²) in [6, 6.07) is 1.29. The Morgan fingerprint density at radius 1 is 1.67 bits per heavy atom. The number of nitrogens with one attached hydrogen (secondary N) is 1. The van der Waals surface area contributed by atoms with Crippen LogP contribution in [0.2, 0.25) is 0 Å². The van der Waals surface area contributed by atoms with E-state index in [0.717, 1.165) is 17.9 Å². The number of ether oxygens (including phenoxy) is 1. The van der Waals surface area contributed by atoms with Crippen LogP contribution in [0.5, 0.6) is 5.75 Å². The van der Waals surface area contributed by atoms with Gasteiger partial charge >= 0.3 is 5.97 Å². The van der Waals surface area contributed by atoms with Gasteiger partial charge in [0.1, 0.15) is 6.04 Å². The minimum atomic E-state index is -0.835. The molecule has 1 saturated heterocycles. The van der Waals surface area contributed by atoms with Crippen molar-refractivity contribution in [3.8, 4) is 5.75 Å². The van der Waals surface area contributed by atoms with Crippen LogP contribution in [0.4, 0.5) is 5.69 Å². The maximum atomic E-state index is 11.3. The summed E-state index contributed by atoms with van der Waals surface area (Å²) in [7, 11) is 1.56. The molecule has 1 aromatic heterocycles. The van der Waals surface area contributed by atoms with E-state index >= 15 is 0 Å². The fraction of sp³-hybridized carbons (Fsp3) is 0.500. The van der Waals surface area contributed by atoms with Crippen LogP contribution in [0, 0.1) is 6.92 Å². The number of anilines is 1. The van der Waals surface area contributed by atoms with Crippen molar-refractivity contribution < 1.29 is 14.6 Å². The summed E-state index contributed by atoms with van der Waals surface area (Å²) in [5.41, 5.74) is 1.63. The second-order valence-electron chi connectivity index (χ2n) is 4.25. The SMILES string of the molecule is COc1cnc(C)cc1N1CCNCC1C(=O)O. The van der Waals surface area contributed by atoms with Gasteiger partial charge in [-0.1, -0.05) is 0 Å². The Labute approximate surface area is 106 Å². The maximum Gasteiger partial charge on any atom is 0.327 e. The molecule has 1 unspecified atom stereocenters. The van der Waals surface area contributed by atoms with Crippen LogP contribution in [0.25, 0.3) is 0 Å². The molecule has 1 atom stereocenters. The molecule has 0 amide bonds. The first-order valence-corrected chi connectivity index (χ1v) is 5.84. The molecule has 18 heavy (non-hydrogen) atoms. The third-order valence-electron chi connectivity index (χ3n) is 3.04. The van der Waals surface area contributed by atoms with Gasteiger partial charge in [0.25, 0.3) is 0 Å². The number of carboxylic acid groups (broad SMARTS) is 1. The van der Waals surface area contributed by atoms with Gasteiger partial charge in [0.15, 0.2) is 5.75 Å². The molecule has 1 aliphatic rings. The molecular formula is C12H17N3O3. The summed E-state index contributed by atoms with van der Waals surface area (Å²) in [4.78, 5) is 17.3. The van der Waals surface area contributed by atoms with Crippen LogP contribution in [0.1, 0.15) is 5.69 Å². The number of hydrogen-bond acceptors (Lipinski definition) is 5. The van der Waals surface area contributed by atoms with E-state index < -0.39 is 12.0 Å². The molecule has 2 rings (SSSR count). The fourth-order valence-corrected chi connectivity index (χ4v) is 2.13. The van der Waals surface area contributed by atoms with Gasteiger partial charge in [-0.05, 0) is 13.0 Å². The van der Waals surface area contributed by atoms with Gasteiger partial charge in [0, 0.05) is 25.3 Å². The van der Waals surface area contributed by atoms with Gasteiger partial charge in [-0.15, -0.1) is 0 Å². The lowest BCUT2D eigenvalue weighted by Crippen LogP contribution is -2.55. The molecule has 0 bridgehead atoms. The highest BCUT2D eigenvalue weighted by Gasteiger charge is 2.30. The van der Waals surface area contributed by atoms with E-state index in [1.54, 1.807) is 13.3 Å². The zero-order chi connectivity index (χ0) is 13.1. The van der Waals surface area contributed by atoms with Crippen LogP contribution < -0.4 is 15.0 Å². The van der Waals surface area contributed by atoms with Crippen LogP contribution in [-0.2, 0) is 4.79 Å². The summed E-state index contributed by atoms with van der Waals surface area (Å²) in [6.45, 7) is 3.70. The number of methoxy groups -OCH3 is 1. The molecule has 0 spiro atoms. The molecule has 0 aliphatic carbocycles. The number of pyridine rings is 1. The summed E-state index contributed by atoms with van der Waals surface area (Å²) in [6.07, 6.45) is 1.63. The number of nitrogens with zero attached hydrogens (tertiary/aromatic N) is 2. The molecule has 6 nitrogen and oxygen atoms in total. The summed E-state index contributed by atoms with van der Waals surface area (Å²) >= 11 is 0. The highest BCUT2D eigenvalue weighted by Crippen LogP contribution is 2.30. The number of aryl methyl sites for hydroxylation is 1. The van der Waals surface area contributed by atoms with Crippen molar-refractivity contribution in [3.63, 3.8) is 0 Å².